The van der Waals surface area contributed by atoms with Crippen LogP contribution < -0.4 is 0 Å². The van der Waals surface area contributed by atoms with E-state index < -0.39 is 0 Å². The average Bonchev–Trinajstić information content (AvgIpc) is 2.71. The predicted molar refractivity (Wildman–Crippen MR) is 117 cm³/mol. The highest BCUT2D eigenvalue weighted by Crippen LogP contribution is 2.19. The molecule has 1 heterocycles. The van der Waals surface area contributed by atoms with E-state index in [1.54, 1.807) is 0 Å². The lowest BCUT2D eigenvalue weighted by atomic mass is 10.0. The normalized spacial score (nSPS) is 11.0. The average molecular weight is 367 g/mol. The van der Waals surface area contributed by atoms with E-state index in [2.05, 4.69) is 48.1 Å². The molecule has 0 aliphatic carbocycles. The number of nitrogens with zero attached hydrogens (tertiary/aromatic N) is 2. The zero-order valence-electron chi connectivity index (χ0n) is 17.6. The molecule has 0 radical (unpaired) electrons. The molecule has 0 bridgehead atoms. The number of unbranched alkanes of at least 4 members (excludes halogenated alkanes) is 9. The van der Waals surface area contributed by atoms with Crippen molar-refractivity contribution in [2.45, 2.75) is 97.3 Å². The van der Waals surface area contributed by atoms with Crippen LogP contribution in [0.3, 0.4) is 0 Å². The third-order valence-electron chi connectivity index (χ3n) is 5.32. The van der Waals surface area contributed by atoms with Crippen molar-refractivity contribution < 1.29 is 0 Å². The van der Waals surface area contributed by atoms with Crippen molar-refractivity contribution in [3.63, 3.8) is 0 Å². The maximum atomic E-state index is 4.56. The summed E-state index contributed by atoms with van der Waals surface area (Å²) < 4.78 is 0. The molecular weight excluding hydrogens is 328 g/mol. The van der Waals surface area contributed by atoms with Gasteiger partial charge in [0, 0.05) is 24.4 Å². The standard InChI is InChI=1S/C25H38N2/c1-3-5-7-9-10-11-12-14-22-16-18-23(19-17-22)24-20-26-25(27-21-24)15-13-8-6-4-2/h16-21H,3-15H2,1-2H3. The Morgan fingerprint density at radius 1 is 0.556 bits per heavy atom. The quantitative estimate of drug-likeness (QED) is 0.322. The molecule has 0 unspecified atom stereocenters. The Morgan fingerprint density at radius 2 is 1.07 bits per heavy atom. The van der Waals surface area contributed by atoms with E-state index in [4.69, 9.17) is 0 Å². The monoisotopic (exact) mass is 366 g/mol. The van der Waals surface area contributed by atoms with Crippen LogP contribution >= 0.6 is 0 Å². The van der Waals surface area contributed by atoms with Crippen molar-refractivity contribution in [2.24, 2.45) is 0 Å². The van der Waals surface area contributed by atoms with Crippen LogP contribution in [0, 0.1) is 0 Å². The van der Waals surface area contributed by atoms with Gasteiger partial charge in [-0.3, -0.25) is 0 Å². The van der Waals surface area contributed by atoms with Crippen LogP contribution in [0.1, 0.15) is 95.9 Å². The summed E-state index contributed by atoms with van der Waals surface area (Å²) in [6.45, 7) is 4.52. The van der Waals surface area contributed by atoms with Gasteiger partial charge in [0.25, 0.3) is 0 Å². The molecule has 0 amide bonds. The van der Waals surface area contributed by atoms with Crippen molar-refractivity contribution in [3.8, 4) is 11.1 Å². The van der Waals surface area contributed by atoms with Gasteiger partial charge in [-0.05, 0) is 30.4 Å². The second-order valence-corrected chi connectivity index (χ2v) is 7.77. The van der Waals surface area contributed by atoms with Crippen molar-refractivity contribution >= 4 is 0 Å². The lowest BCUT2D eigenvalue weighted by Gasteiger charge is -2.06. The second kappa shape index (κ2) is 13.5. The molecule has 0 aliphatic rings. The number of aromatic nitrogens is 2. The summed E-state index contributed by atoms with van der Waals surface area (Å²) >= 11 is 0. The third kappa shape index (κ3) is 8.69. The van der Waals surface area contributed by atoms with Gasteiger partial charge in [-0.2, -0.15) is 0 Å². The van der Waals surface area contributed by atoms with Gasteiger partial charge < -0.3 is 0 Å². The minimum absolute atomic E-state index is 0.977. The number of rotatable bonds is 14. The van der Waals surface area contributed by atoms with E-state index in [0.717, 1.165) is 17.8 Å². The third-order valence-corrected chi connectivity index (χ3v) is 5.32. The molecule has 2 heteroatoms. The molecule has 0 saturated carbocycles. The minimum Gasteiger partial charge on any atom is -0.241 e. The van der Waals surface area contributed by atoms with Gasteiger partial charge in [0.1, 0.15) is 5.82 Å². The summed E-state index contributed by atoms with van der Waals surface area (Å²) in [5, 5.41) is 0. The number of hydrogen-bond donors (Lipinski definition) is 0. The molecule has 27 heavy (non-hydrogen) atoms. The van der Waals surface area contributed by atoms with Crippen LogP contribution in [0.15, 0.2) is 36.7 Å². The molecule has 2 aromatic rings. The lowest BCUT2D eigenvalue weighted by molar-refractivity contribution is 0.589. The highest BCUT2D eigenvalue weighted by molar-refractivity contribution is 5.61. The van der Waals surface area contributed by atoms with Crippen molar-refractivity contribution in [3.05, 3.63) is 48.0 Å². The largest absolute Gasteiger partial charge is 0.241 e. The summed E-state index contributed by atoms with van der Waals surface area (Å²) in [6.07, 6.45) is 20.8. The fourth-order valence-electron chi connectivity index (χ4n) is 3.49. The molecule has 2 nitrogen and oxygen atoms in total. The fraction of sp³-hybridized carbons (Fsp3) is 0.600. The molecule has 0 N–H and O–H groups in total. The predicted octanol–water partition coefficient (Wildman–Crippen LogP) is 7.56. The van der Waals surface area contributed by atoms with Gasteiger partial charge >= 0.3 is 0 Å². The SMILES string of the molecule is CCCCCCCCCc1ccc(-c2cnc(CCCCCC)nc2)cc1. The van der Waals surface area contributed by atoms with Gasteiger partial charge in [-0.15, -0.1) is 0 Å². The van der Waals surface area contributed by atoms with E-state index in [0.29, 0.717) is 0 Å². The van der Waals surface area contributed by atoms with Crippen LogP contribution in [0.4, 0.5) is 0 Å². The van der Waals surface area contributed by atoms with E-state index in [-0.39, 0.29) is 0 Å². The Balaban J connectivity index is 1.72. The first-order valence-corrected chi connectivity index (χ1v) is 11.2. The van der Waals surface area contributed by atoms with Crippen LogP contribution in [0.5, 0.6) is 0 Å². The van der Waals surface area contributed by atoms with Gasteiger partial charge in [-0.25, -0.2) is 9.97 Å². The summed E-state index contributed by atoms with van der Waals surface area (Å²) in [5.74, 6) is 0.977. The smallest absolute Gasteiger partial charge is 0.128 e. The van der Waals surface area contributed by atoms with Crippen molar-refractivity contribution in [1.82, 2.24) is 9.97 Å². The molecule has 1 aromatic heterocycles. The Bertz CT molecular complexity index is 601. The Hall–Kier alpha value is -1.70. The second-order valence-electron chi connectivity index (χ2n) is 7.77. The first-order valence-electron chi connectivity index (χ1n) is 11.2. The summed E-state index contributed by atoms with van der Waals surface area (Å²) in [5.41, 5.74) is 3.78. The van der Waals surface area contributed by atoms with Gasteiger partial charge in [0.2, 0.25) is 0 Å². The first kappa shape index (κ1) is 21.6. The Labute approximate surface area is 166 Å². The molecular formula is C25H38N2. The maximum Gasteiger partial charge on any atom is 0.128 e. The van der Waals surface area contributed by atoms with Crippen LogP contribution in [-0.4, -0.2) is 9.97 Å². The van der Waals surface area contributed by atoms with Crippen LogP contribution in [0.25, 0.3) is 11.1 Å². The number of aryl methyl sites for hydroxylation is 2. The maximum absolute atomic E-state index is 4.56. The van der Waals surface area contributed by atoms with Crippen LogP contribution in [-0.2, 0) is 12.8 Å². The molecule has 0 spiro atoms. The van der Waals surface area contributed by atoms with Crippen LogP contribution in [0.2, 0.25) is 0 Å². The molecule has 0 saturated heterocycles. The first-order chi connectivity index (χ1) is 13.3. The number of benzene rings is 1. The van der Waals surface area contributed by atoms with Gasteiger partial charge in [-0.1, -0.05) is 95.9 Å². The molecule has 2 rings (SSSR count). The fourth-order valence-corrected chi connectivity index (χ4v) is 3.49. The van der Waals surface area contributed by atoms with E-state index in [1.807, 2.05) is 12.4 Å². The summed E-state index contributed by atoms with van der Waals surface area (Å²) in [6, 6.07) is 8.97. The summed E-state index contributed by atoms with van der Waals surface area (Å²) in [4.78, 5) is 9.11. The highest BCUT2D eigenvalue weighted by Gasteiger charge is 2.02. The zero-order chi connectivity index (χ0) is 19.2. The summed E-state index contributed by atoms with van der Waals surface area (Å²) in [7, 11) is 0. The molecule has 1 aromatic carbocycles. The molecule has 0 fully saturated rings. The molecule has 148 valence electrons. The number of hydrogen-bond acceptors (Lipinski definition) is 2. The van der Waals surface area contributed by atoms with Gasteiger partial charge in [0.05, 0.1) is 0 Å². The molecule has 0 aliphatic heterocycles. The van der Waals surface area contributed by atoms with Gasteiger partial charge in [0.15, 0.2) is 0 Å². The Kier molecular flexibility index (Phi) is 10.8. The van der Waals surface area contributed by atoms with E-state index in [9.17, 15) is 0 Å². The van der Waals surface area contributed by atoms with E-state index >= 15 is 0 Å². The van der Waals surface area contributed by atoms with E-state index in [1.165, 1.54) is 88.2 Å². The Morgan fingerprint density at radius 3 is 1.70 bits per heavy atom. The van der Waals surface area contributed by atoms with Crippen molar-refractivity contribution in [1.29, 1.82) is 0 Å². The highest BCUT2D eigenvalue weighted by atomic mass is 14.9. The van der Waals surface area contributed by atoms with Crippen molar-refractivity contribution in [2.75, 3.05) is 0 Å². The topological polar surface area (TPSA) is 25.8 Å². The minimum atomic E-state index is 0.977. The molecule has 0 atom stereocenters. The lowest BCUT2D eigenvalue weighted by Crippen LogP contribution is -1.95. The zero-order valence-corrected chi connectivity index (χ0v) is 17.6.